The van der Waals surface area contributed by atoms with Crippen molar-refractivity contribution in [1.82, 2.24) is 4.98 Å². The molecule has 1 unspecified atom stereocenters. The summed E-state index contributed by atoms with van der Waals surface area (Å²) in [7, 11) is 0. The molecule has 1 aromatic heterocycles. The van der Waals surface area contributed by atoms with Gasteiger partial charge in [0.05, 0.1) is 0 Å². The molecule has 1 rings (SSSR count). The molecule has 0 saturated carbocycles. The van der Waals surface area contributed by atoms with Crippen LogP contribution in [-0.4, -0.2) is 21.3 Å². The lowest BCUT2D eigenvalue weighted by Crippen LogP contribution is -2.15. The molecule has 0 amide bonds. The molecular formula is C11H17N3OS. The average molecular weight is 239 g/mol. The van der Waals surface area contributed by atoms with Gasteiger partial charge in [0, 0.05) is 28.1 Å². The third-order valence-corrected chi connectivity index (χ3v) is 3.92. The van der Waals surface area contributed by atoms with Crippen molar-refractivity contribution < 1.29 is 5.21 Å². The van der Waals surface area contributed by atoms with E-state index in [9.17, 15) is 0 Å². The van der Waals surface area contributed by atoms with E-state index in [1.165, 1.54) is 0 Å². The van der Waals surface area contributed by atoms with Gasteiger partial charge in [-0.1, -0.05) is 25.9 Å². The normalized spacial score (nSPS) is 14.1. The minimum absolute atomic E-state index is 0.126. The number of aromatic nitrogens is 1. The Hall–Kier alpha value is -1.23. The number of amidine groups is 1. The summed E-state index contributed by atoms with van der Waals surface area (Å²) in [6.45, 7) is 6.48. The van der Waals surface area contributed by atoms with Gasteiger partial charge in [0.1, 0.15) is 0 Å². The Morgan fingerprint density at radius 2 is 2.19 bits per heavy atom. The molecule has 3 N–H and O–H groups in total. The monoisotopic (exact) mass is 239 g/mol. The topological polar surface area (TPSA) is 71.5 Å². The van der Waals surface area contributed by atoms with Crippen molar-refractivity contribution in [2.45, 2.75) is 30.9 Å². The first-order chi connectivity index (χ1) is 7.56. The summed E-state index contributed by atoms with van der Waals surface area (Å²) < 4.78 is 0. The van der Waals surface area contributed by atoms with Crippen LogP contribution >= 0.6 is 11.8 Å². The van der Waals surface area contributed by atoms with E-state index in [0.29, 0.717) is 11.2 Å². The second-order valence-electron chi connectivity index (χ2n) is 3.92. The molecule has 1 atom stereocenters. The van der Waals surface area contributed by atoms with Gasteiger partial charge < -0.3 is 10.9 Å². The molecule has 0 saturated heterocycles. The van der Waals surface area contributed by atoms with Crippen LogP contribution in [0, 0.1) is 5.92 Å². The van der Waals surface area contributed by atoms with Crippen LogP contribution in [0.3, 0.4) is 0 Å². The second-order valence-corrected chi connectivity index (χ2v) is 5.34. The first-order valence-electron chi connectivity index (χ1n) is 5.14. The fraction of sp³-hybridized carbons (Fsp3) is 0.455. The number of nitrogens with two attached hydrogens (primary N) is 1. The molecule has 1 heterocycles. The van der Waals surface area contributed by atoms with Crippen molar-refractivity contribution in [2.75, 3.05) is 0 Å². The zero-order valence-electron chi connectivity index (χ0n) is 9.71. The molecule has 0 bridgehead atoms. The van der Waals surface area contributed by atoms with E-state index >= 15 is 0 Å². The molecule has 16 heavy (non-hydrogen) atoms. The summed E-state index contributed by atoms with van der Waals surface area (Å²) in [5.74, 6) is 0.686. The van der Waals surface area contributed by atoms with E-state index in [1.807, 2.05) is 0 Å². The van der Waals surface area contributed by atoms with Gasteiger partial charge in [0.15, 0.2) is 5.84 Å². The van der Waals surface area contributed by atoms with Crippen molar-refractivity contribution >= 4 is 17.6 Å². The predicted molar refractivity (Wildman–Crippen MR) is 66.9 cm³/mol. The Bertz CT molecular complexity index is 379. The third-order valence-electron chi connectivity index (χ3n) is 2.42. The number of hydrogen-bond donors (Lipinski definition) is 2. The molecule has 0 aliphatic rings. The number of pyridine rings is 1. The Morgan fingerprint density at radius 1 is 1.50 bits per heavy atom. The van der Waals surface area contributed by atoms with Gasteiger partial charge in [-0.15, -0.1) is 11.8 Å². The fourth-order valence-corrected chi connectivity index (χ4v) is 2.17. The minimum atomic E-state index is 0.126. The van der Waals surface area contributed by atoms with E-state index in [-0.39, 0.29) is 5.84 Å². The van der Waals surface area contributed by atoms with Gasteiger partial charge in [0.2, 0.25) is 0 Å². The smallest absolute Gasteiger partial charge is 0.171 e. The van der Waals surface area contributed by atoms with Crippen LogP contribution in [0.15, 0.2) is 28.5 Å². The molecule has 0 aliphatic heterocycles. The highest BCUT2D eigenvalue weighted by molar-refractivity contribution is 8.00. The molecule has 0 spiro atoms. The van der Waals surface area contributed by atoms with Crippen molar-refractivity contribution in [3.05, 3.63) is 24.0 Å². The van der Waals surface area contributed by atoms with Crippen molar-refractivity contribution in [2.24, 2.45) is 16.8 Å². The van der Waals surface area contributed by atoms with Crippen LogP contribution in [0.25, 0.3) is 0 Å². The average Bonchev–Trinajstić information content (AvgIpc) is 2.28. The molecular weight excluding hydrogens is 222 g/mol. The first-order valence-corrected chi connectivity index (χ1v) is 6.02. The van der Waals surface area contributed by atoms with Crippen molar-refractivity contribution in [1.29, 1.82) is 0 Å². The fourth-order valence-electron chi connectivity index (χ4n) is 1.08. The summed E-state index contributed by atoms with van der Waals surface area (Å²) in [5.41, 5.74) is 6.34. The molecule has 4 nitrogen and oxygen atoms in total. The Morgan fingerprint density at radius 3 is 2.75 bits per heavy atom. The number of rotatable bonds is 4. The Balaban J connectivity index is 2.96. The van der Waals surface area contributed by atoms with E-state index < -0.39 is 0 Å². The minimum Gasteiger partial charge on any atom is -0.409 e. The van der Waals surface area contributed by atoms with Crippen LogP contribution in [0.1, 0.15) is 26.3 Å². The Labute approximate surface area is 99.9 Å². The lowest BCUT2D eigenvalue weighted by atomic mass is 10.2. The lowest BCUT2D eigenvalue weighted by Gasteiger charge is -2.16. The number of nitrogens with zero attached hydrogens (tertiary/aromatic N) is 2. The van der Waals surface area contributed by atoms with Gasteiger partial charge in [-0.3, -0.25) is 4.98 Å². The van der Waals surface area contributed by atoms with E-state index in [1.54, 1.807) is 30.2 Å². The highest BCUT2D eigenvalue weighted by Crippen LogP contribution is 2.29. The third kappa shape index (κ3) is 3.13. The van der Waals surface area contributed by atoms with Crippen LogP contribution in [-0.2, 0) is 0 Å². The summed E-state index contributed by atoms with van der Waals surface area (Å²) >= 11 is 1.69. The predicted octanol–water partition coefficient (Wildman–Crippen LogP) is 2.31. The van der Waals surface area contributed by atoms with Gasteiger partial charge in [-0.2, -0.15) is 0 Å². The van der Waals surface area contributed by atoms with Crippen molar-refractivity contribution in [3.8, 4) is 0 Å². The van der Waals surface area contributed by atoms with Crippen LogP contribution in [0.4, 0.5) is 0 Å². The van der Waals surface area contributed by atoms with Gasteiger partial charge in [0.25, 0.3) is 0 Å². The zero-order valence-corrected chi connectivity index (χ0v) is 10.5. The largest absolute Gasteiger partial charge is 0.409 e. The number of thioether (sulfide) groups is 1. The summed E-state index contributed by atoms with van der Waals surface area (Å²) in [4.78, 5) is 5.00. The van der Waals surface area contributed by atoms with Gasteiger partial charge >= 0.3 is 0 Å². The molecule has 88 valence electrons. The van der Waals surface area contributed by atoms with Gasteiger partial charge in [-0.25, -0.2) is 0 Å². The van der Waals surface area contributed by atoms with Crippen molar-refractivity contribution in [3.63, 3.8) is 0 Å². The maximum Gasteiger partial charge on any atom is 0.171 e. The number of hydrogen-bond acceptors (Lipinski definition) is 4. The standard InChI is InChI=1S/C11H17N3OS/c1-7(2)8(3)16-10-6-13-5-4-9(10)11(12)14-15/h4-8,15H,1-3H3,(H2,12,14). The van der Waals surface area contributed by atoms with Crippen LogP contribution in [0.5, 0.6) is 0 Å². The van der Waals surface area contributed by atoms with E-state index in [2.05, 4.69) is 30.9 Å². The molecule has 5 heteroatoms. The second kappa shape index (κ2) is 5.75. The molecule has 0 fully saturated rings. The lowest BCUT2D eigenvalue weighted by molar-refractivity contribution is 0.318. The van der Waals surface area contributed by atoms with Gasteiger partial charge in [-0.05, 0) is 12.0 Å². The van der Waals surface area contributed by atoms with Crippen LogP contribution < -0.4 is 5.73 Å². The SMILES string of the molecule is CC(C)C(C)Sc1cnccc1/C(N)=N/O. The summed E-state index contributed by atoms with van der Waals surface area (Å²) in [6, 6.07) is 1.75. The maximum atomic E-state index is 8.69. The molecule has 0 radical (unpaired) electrons. The quantitative estimate of drug-likeness (QED) is 0.278. The summed E-state index contributed by atoms with van der Waals surface area (Å²) in [6.07, 6.45) is 3.38. The zero-order chi connectivity index (χ0) is 12.1. The van der Waals surface area contributed by atoms with E-state index in [4.69, 9.17) is 10.9 Å². The highest BCUT2D eigenvalue weighted by atomic mass is 32.2. The summed E-state index contributed by atoms with van der Waals surface area (Å²) in [5, 5.41) is 12.2. The number of oxime groups is 1. The molecule has 0 aromatic carbocycles. The maximum absolute atomic E-state index is 8.69. The Kier molecular flexibility index (Phi) is 4.61. The first kappa shape index (κ1) is 12.8. The van der Waals surface area contributed by atoms with Crippen LogP contribution in [0.2, 0.25) is 0 Å². The van der Waals surface area contributed by atoms with E-state index in [0.717, 1.165) is 10.5 Å². The molecule has 1 aromatic rings. The highest BCUT2D eigenvalue weighted by Gasteiger charge is 2.13. The molecule has 0 aliphatic carbocycles.